The van der Waals surface area contributed by atoms with Gasteiger partial charge in [0, 0.05) is 11.5 Å². The number of nitrogens with one attached hydrogen (secondary N) is 1. The molecule has 36 heavy (non-hydrogen) atoms. The summed E-state index contributed by atoms with van der Waals surface area (Å²) in [5.74, 6) is -4.87. The highest BCUT2D eigenvalue weighted by atomic mass is 19.3. The normalized spacial score (nSPS) is 17.3. The van der Waals surface area contributed by atoms with Gasteiger partial charge in [0.2, 0.25) is 0 Å². The maximum absolute atomic E-state index is 14.7. The van der Waals surface area contributed by atoms with E-state index in [1.54, 1.807) is 20.8 Å². The summed E-state index contributed by atoms with van der Waals surface area (Å²) in [6.07, 6.45) is -0.889. The summed E-state index contributed by atoms with van der Waals surface area (Å²) in [5, 5.41) is 2.53. The number of hydrogen-bond donors (Lipinski definition) is 1. The van der Waals surface area contributed by atoms with Gasteiger partial charge in [-0.25, -0.2) is 18.0 Å². The van der Waals surface area contributed by atoms with E-state index in [9.17, 15) is 22.8 Å². The zero-order valence-electron chi connectivity index (χ0n) is 20.4. The number of halogens is 3. The first-order chi connectivity index (χ1) is 16.8. The minimum atomic E-state index is -3.38. The third-order valence-electron chi connectivity index (χ3n) is 5.65. The van der Waals surface area contributed by atoms with E-state index in [1.165, 1.54) is 13.0 Å². The van der Waals surface area contributed by atoms with E-state index in [1.807, 2.05) is 30.3 Å². The van der Waals surface area contributed by atoms with Crippen LogP contribution in [0.4, 0.5) is 18.0 Å². The minimum absolute atomic E-state index is 0.0129. The summed E-state index contributed by atoms with van der Waals surface area (Å²) in [5.41, 5.74) is 0.0315. The summed E-state index contributed by atoms with van der Waals surface area (Å²) in [6, 6.07) is 9.89. The van der Waals surface area contributed by atoms with E-state index in [4.69, 9.17) is 13.9 Å². The number of fused-ring (bicyclic) bond motifs is 1. The van der Waals surface area contributed by atoms with E-state index in [0.29, 0.717) is 0 Å². The number of carbonyl (C=O) groups is 2. The number of carbonyl (C=O) groups excluding carboxylic acids is 2. The van der Waals surface area contributed by atoms with Crippen LogP contribution in [0.15, 0.2) is 46.9 Å². The van der Waals surface area contributed by atoms with Gasteiger partial charge < -0.3 is 19.2 Å². The Morgan fingerprint density at radius 3 is 2.56 bits per heavy atom. The van der Waals surface area contributed by atoms with E-state index in [-0.39, 0.29) is 34.6 Å². The fourth-order valence-corrected chi connectivity index (χ4v) is 3.98. The molecule has 1 fully saturated rings. The number of nitrogens with zero attached hydrogens (tertiary/aromatic N) is 1. The zero-order valence-corrected chi connectivity index (χ0v) is 20.4. The molecular weight excluding hydrogens is 477 g/mol. The fourth-order valence-electron chi connectivity index (χ4n) is 3.98. The van der Waals surface area contributed by atoms with E-state index < -0.39 is 48.5 Å². The molecule has 2 amide bonds. The first-order valence-electron chi connectivity index (χ1n) is 11.4. The molecule has 0 spiro atoms. The molecule has 1 aliphatic heterocycles. The predicted octanol–water partition coefficient (Wildman–Crippen LogP) is 5.44. The Bertz CT molecular complexity index is 1280. The molecule has 10 heteroatoms. The summed E-state index contributed by atoms with van der Waals surface area (Å²) >= 11 is 0. The number of amides is 2. The third kappa shape index (κ3) is 5.42. The van der Waals surface area contributed by atoms with Crippen molar-refractivity contribution in [3.63, 3.8) is 0 Å². The molecule has 1 unspecified atom stereocenters. The number of hydrogen-bond acceptors (Lipinski definition) is 5. The van der Waals surface area contributed by atoms with Crippen molar-refractivity contribution in [1.82, 2.24) is 10.2 Å². The van der Waals surface area contributed by atoms with Crippen LogP contribution in [0.2, 0.25) is 0 Å². The second-order valence-corrected chi connectivity index (χ2v) is 9.73. The van der Waals surface area contributed by atoms with Crippen molar-refractivity contribution in [1.29, 1.82) is 0 Å². The van der Waals surface area contributed by atoms with Gasteiger partial charge in [-0.3, -0.25) is 9.69 Å². The van der Waals surface area contributed by atoms with Crippen molar-refractivity contribution in [2.45, 2.75) is 51.9 Å². The number of ether oxygens (including phenoxy) is 2. The molecule has 1 aromatic heterocycles. The van der Waals surface area contributed by atoms with Gasteiger partial charge in [0.15, 0.2) is 11.6 Å². The second kappa shape index (κ2) is 9.40. The Balaban J connectivity index is 1.54. The molecule has 192 valence electrons. The molecule has 0 radical (unpaired) electrons. The van der Waals surface area contributed by atoms with Crippen LogP contribution in [0.25, 0.3) is 11.0 Å². The molecule has 3 aromatic rings. The van der Waals surface area contributed by atoms with Gasteiger partial charge in [-0.15, -0.1) is 0 Å². The lowest BCUT2D eigenvalue weighted by Crippen LogP contribution is -2.46. The topological polar surface area (TPSA) is 81.0 Å². The SMILES string of the molecule is Cc1oc2cc(F)c(OCc3ccccc3)cc2c1C(=O)NC1CN(C(=O)OC(C)(C)C)CC1(F)F. The first kappa shape index (κ1) is 25.4. The molecule has 0 bridgehead atoms. The van der Waals surface area contributed by atoms with Crippen LogP contribution in [0, 0.1) is 12.7 Å². The Kier molecular flexibility index (Phi) is 6.64. The van der Waals surface area contributed by atoms with Crippen LogP contribution < -0.4 is 10.1 Å². The molecule has 2 aromatic carbocycles. The smallest absolute Gasteiger partial charge is 0.410 e. The van der Waals surface area contributed by atoms with Crippen molar-refractivity contribution < 1.29 is 36.7 Å². The second-order valence-electron chi connectivity index (χ2n) is 9.73. The monoisotopic (exact) mass is 504 g/mol. The number of likely N-dealkylation sites (tertiary alicyclic amines) is 1. The number of benzene rings is 2. The van der Waals surface area contributed by atoms with Gasteiger partial charge in [0.05, 0.1) is 18.7 Å². The van der Waals surface area contributed by atoms with Crippen LogP contribution in [-0.2, 0) is 11.3 Å². The van der Waals surface area contributed by atoms with Gasteiger partial charge in [-0.05, 0) is 39.3 Å². The highest BCUT2D eigenvalue weighted by molar-refractivity contribution is 6.07. The van der Waals surface area contributed by atoms with Crippen molar-refractivity contribution >= 4 is 23.0 Å². The molecule has 1 atom stereocenters. The summed E-state index contributed by atoms with van der Waals surface area (Å²) in [4.78, 5) is 26.2. The standard InChI is InChI=1S/C26H27F3N2O5/c1-15-22(23(32)30-21-12-31(14-26(21,28)29)24(33)36-25(2,3)4)17-10-20(18(27)11-19(17)35-15)34-13-16-8-6-5-7-9-16/h5-11,21H,12-14H2,1-4H3,(H,30,32). The largest absolute Gasteiger partial charge is 0.486 e. The van der Waals surface area contributed by atoms with Crippen molar-refractivity contribution in [2.24, 2.45) is 0 Å². The van der Waals surface area contributed by atoms with Crippen molar-refractivity contribution in [3.05, 3.63) is 65.2 Å². The fraction of sp³-hybridized carbons (Fsp3) is 0.385. The van der Waals surface area contributed by atoms with Gasteiger partial charge in [-0.2, -0.15) is 0 Å². The van der Waals surface area contributed by atoms with E-state index >= 15 is 0 Å². The summed E-state index contributed by atoms with van der Waals surface area (Å²) in [7, 11) is 0. The highest BCUT2D eigenvalue weighted by Gasteiger charge is 2.51. The Morgan fingerprint density at radius 1 is 1.19 bits per heavy atom. The lowest BCUT2D eigenvalue weighted by molar-refractivity contribution is -0.0153. The lowest BCUT2D eigenvalue weighted by atomic mass is 10.1. The Morgan fingerprint density at radius 2 is 1.89 bits per heavy atom. The van der Waals surface area contributed by atoms with E-state index in [2.05, 4.69) is 5.32 Å². The molecule has 4 rings (SSSR count). The molecule has 0 aliphatic carbocycles. The molecule has 1 aliphatic rings. The summed E-state index contributed by atoms with van der Waals surface area (Å²) < 4.78 is 60.3. The van der Waals surface area contributed by atoms with Crippen LogP contribution in [0.1, 0.15) is 42.5 Å². The maximum Gasteiger partial charge on any atom is 0.410 e. The molecule has 0 saturated carbocycles. The highest BCUT2D eigenvalue weighted by Crippen LogP contribution is 2.33. The Hall–Kier alpha value is -3.69. The molecular formula is C26H27F3N2O5. The van der Waals surface area contributed by atoms with Crippen molar-refractivity contribution in [2.75, 3.05) is 13.1 Å². The number of alkyl halides is 2. The van der Waals surface area contributed by atoms with Crippen molar-refractivity contribution in [3.8, 4) is 5.75 Å². The lowest BCUT2D eigenvalue weighted by Gasteiger charge is -2.24. The van der Waals surface area contributed by atoms with Crippen LogP contribution in [0.3, 0.4) is 0 Å². The number of aryl methyl sites for hydroxylation is 1. The quantitative estimate of drug-likeness (QED) is 0.500. The summed E-state index contributed by atoms with van der Waals surface area (Å²) in [6.45, 7) is 5.15. The molecule has 7 nitrogen and oxygen atoms in total. The van der Waals surface area contributed by atoms with Crippen LogP contribution in [-0.4, -0.2) is 47.6 Å². The average Bonchev–Trinajstić information content (AvgIpc) is 3.26. The molecule has 1 saturated heterocycles. The predicted molar refractivity (Wildman–Crippen MR) is 126 cm³/mol. The number of rotatable bonds is 5. The zero-order chi connectivity index (χ0) is 26.3. The van der Waals surface area contributed by atoms with E-state index in [0.717, 1.165) is 16.5 Å². The minimum Gasteiger partial charge on any atom is -0.486 e. The van der Waals surface area contributed by atoms with Gasteiger partial charge in [-0.1, -0.05) is 30.3 Å². The number of furan rings is 1. The average molecular weight is 505 g/mol. The first-order valence-corrected chi connectivity index (χ1v) is 11.4. The molecule has 2 heterocycles. The third-order valence-corrected chi connectivity index (χ3v) is 5.65. The van der Waals surface area contributed by atoms with Gasteiger partial charge in [0.1, 0.15) is 29.6 Å². The van der Waals surface area contributed by atoms with Crippen LogP contribution >= 0.6 is 0 Å². The van der Waals surface area contributed by atoms with Gasteiger partial charge in [0.25, 0.3) is 11.8 Å². The van der Waals surface area contributed by atoms with Crippen LogP contribution in [0.5, 0.6) is 5.75 Å². The van der Waals surface area contributed by atoms with Gasteiger partial charge >= 0.3 is 6.09 Å². The molecule has 1 N–H and O–H groups in total. The maximum atomic E-state index is 14.7. The Labute approximate surface area is 206 Å².